The van der Waals surface area contributed by atoms with Gasteiger partial charge in [-0.05, 0) is 20.3 Å². The molecule has 0 heterocycles. The Hall–Kier alpha value is -0.120. The number of hydrogen-bond donors (Lipinski definition) is 2. The van der Waals surface area contributed by atoms with Crippen LogP contribution in [0.2, 0.25) is 0 Å². The van der Waals surface area contributed by atoms with Gasteiger partial charge >= 0.3 is 0 Å². The normalized spacial score (nSPS) is 13.1. The van der Waals surface area contributed by atoms with E-state index < -0.39 is 5.60 Å². The SMILES string of the molecule is CCCCCCCCCCCCC(N)C(C)(C)O.O. The van der Waals surface area contributed by atoms with Crippen LogP contribution >= 0.6 is 0 Å². The van der Waals surface area contributed by atoms with E-state index in [2.05, 4.69) is 6.92 Å². The molecule has 0 aliphatic carbocycles. The van der Waals surface area contributed by atoms with Gasteiger partial charge in [-0.15, -0.1) is 0 Å². The van der Waals surface area contributed by atoms with E-state index in [0.717, 1.165) is 12.8 Å². The summed E-state index contributed by atoms with van der Waals surface area (Å²) in [6.07, 6.45) is 14.4. The molecular formula is C16H37NO2. The molecule has 0 aromatic carbocycles. The topological polar surface area (TPSA) is 77.8 Å². The van der Waals surface area contributed by atoms with E-state index in [1.165, 1.54) is 57.8 Å². The van der Waals surface area contributed by atoms with E-state index >= 15 is 0 Å². The van der Waals surface area contributed by atoms with Crippen molar-refractivity contribution < 1.29 is 10.6 Å². The molecular weight excluding hydrogens is 238 g/mol. The van der Waals surface area contributed by atoms with Gasteiger partial charge in [-0.1, -0.05) is 71.1 Å². The summed E-state index contributed by atoms with van der Waals surface area (Å²) in [6.45, 7) is 5.86. The number of hydrogen-bond acceptors (Lipinski definition) is 2. The van der Waals surface area contributed by atoms with E-state index in [9.17, 15) is 5.11 Å². The van der Waals surface area contributed by atoms with Crippen LogP contribution in [0.15, 0.2) is 0 Å². The van der Waals surface area contributed by atoms with E-state index in [1.54, 1.807) is 13.8 Å². The van der Waals surface area contributed by atoms with Crippen molar-refractivity contribution in [3.8, 4) is 0 Å². The van der Waals surface area contributed by atoms with Crippen LogP contribution < -0.4 is 5.73 Å². The Morgan fingerprint density at radius 3 is 1.58 bits per heavy atom. The Morgan fingerprint density at radius 2 is 1.21 bits per heavy atom. The van der Waals surface area contributed by atoms with Crippen molar-refractivity contribution in [2.45, 2.75) is 103 Å². The first-order valence-corrected chi connectivity index (χ1v) is 7.96. The average Bonchev–Trinajstić information content (AvgIpc) is 2.30. The van der Waals surface area contributed by atoms with Crippen LogP contribution in [0.1, 0.15) is 91.4 Å². The van der Waals surface area contributed by atoms with Gasteiger partial charge in [-0.2, -0.15) is 0 Å². The molecule has 0 aliphatic rings. The smallest absolute Gasteiger partial charge is 0.0741 e. The monoisotopic (exact) mass is 275 g/mol. The second-order valence-corrected chi connectivity index (χ2v) is 6.23. The molecule has 5 N–H and O–H groups in total. The van der Waals surface area contributed by atoms with Gasteiger partial charge in [0.1, 0.15) is 0 Å². The van der Waals surface area contributed by atoms with Gasteiger partial charge in [-0.25, -0.2) is 0 Å². The van der Waals surface area contributed by atoms with E-state index in [1.807, 2.05) is 0 Å². The maximum Gasteiger partial charge on any atom is 0.0741 e. The number of rotatable bonds is 12. The molecule has 0 aromatic rings. The predicted octanol–water partition coefficient (Wildman–Crippen LogP) is 3.57. The van der Waals surface area contributed by atoms with Crippen molar-refractivity contribution in [3.05, 3.63) is 0 Å². The fourth-order valence-corrected chi connectivity index (χ4v) is 2.20. The van der Waals surface area contributed by atoms with Crippen LogP contribution in [-0.4, -0.2) is 22.2 Å². The molecule has 0 aliphatic heterocycles. The van der Waals surface area contributed by atoms with E-state index in [4.69, 9.17) is 5.73 Å². The molecule has 0 aromatic heterocycles. The lowest BCUT2D eigenvalue weighted by atomic mass is 9.94. The largest absolute Gasteiger partial charge is 0.412 e. The van der Waals surface area contributed by atoms with Crippen LogP contribution in [0, 0.1) is 0 Å². The maximum absolute atomic E-state index is 9.70. The van der Waals surface area contributed by atoms with Crippen molar-refractivity contribution in [3.63, 3.8) is 0 Å². The third kappa shape index (κ3) is 14.1. The molecule has 0 saturated carbocycles. The van der Waals surface area contributed by atoms with Gasteiger partial charge in [0.25, 0.3) is 0 Å². The second kappa shape index (κ2) is 12.9. The van der Waals surface area contributed by atoms with Gasteiger partial charge in [0, 0.05) is 6.04 Å². The predicted molar refractivity (Wildman–Crippen MR) is 84.3 cm³/mol. The highest BCUT2D eigenvalue weighted by molar-refractivity contribution is 4.79. The molecule has 0 rings (SSSR count). The number of unbranched alkanes of at least 4 members (excludes halogenated alkanes) is 9. The van der Waals surface area contributed by atoms with Crippen LogP contribution in [0.5, 0.6) is 0 Å². The van der Waals surface area contributed by atoms with Crippen LogP contribution in [-0.2, 0) is 0 Å². The number of nitrogens with two attached hydrogens (primary N) is 1. The van der Waals surface area contributed by atoms with E-state index in [0.29, 0.717) is 0 Å². The summed E-state index contributed by atoms with van der Waals surface area (Å²) in [5.74, 6) is 0. The van der Waals surface area contributed by atoms with Crippen molar-refractivity contribution in [1.29, 1.82) is 0 Å². The number of aliphatic hydroxyl groups is 1. The summed E-state index contributed by atoms with van der Waals surface area (Å²) in [4.78, 5) is 0. The van der Waals surface area contributed by atoms with Crippen molar-refractivity contribution in [2.24, 2.45) is 5.73 Å². The van der Waals surface area contributed by atoms with Crippen molar-refractivity contribution >= 4 is 0 Å². The third-order valence-electron chi connectivity index (χ3n) is 3.78. The summed E-state index contributed by atoms with van der Waals surface area (Å²) in [6, 6.07) is -0.0773. The molecule has 0 bridgehead atoms. The molecule has 3 heteroatoms. The Balaban J connectivity index is 0. The first-order chi connectivity index (χ1) is 8.48. The van der Waals surface area contributed by atoms with Crippen molar-refractivity contribution in [2.75, 3.05) is 0 Å². The van der Waals surface area contributed by atoms with Crippen molar-refractivity contribution in [1.82, 2.24) is 0 Å². The molecule has 1 unspecified atom stereocenters. The summed E-state index contributed by atoms with van der Waals surface area (Å²) in [7, 11) is 0. The highest BCUT2D eigenvalue weighted by atomic mass is 16.3. The molecule has 0 saturated heterocycles. The zero-order chi connectivity index (χ0) is 13.9. The minimum Gasteiger partial charge on any atom is -0.412 e. The fourth-order valence-electron chi connectivity index (χ4n) is 2.20. The molecule has 19 heavy (non-hydrogen) atoms. The molecule has 118 valence electrons. The summed E-state index contributed by atoms with van der Waals surface area (Å²) >= 11 is 0. The Kier molecular flexibility index (Phi) is 14.4. The summed E-state index contributed by atoms with van der Waals surface area (Å²) in [5.41, 5.74) is 5.19. The van der Waals surface area contributed by atoms with Crippen LogP contribution in [0.25, 0.3) is 0 Å². The van der Waals surface area contributed by atoms with Crippen LogP contribution in [0.4, 0.5) is 0 Å². The molecule has 3 nitrogen and oxygen atoms in total. The lowest BCUT2D eigenvalue weighted by molar-refractivity contribution is 0.0482. The van der Waals surface area contributed by atoms with E-state index in [-0.39, 0.29) is 11.5 Å². The third-order valence-corrected chi connectivity index (χ3v) is 3.78. The summed E-state index contributed by atoms with van der Waals surface area (Å²) in [5, 5.41) is 9.70. The van der Waals surface area contributed by atoms with Gasteiger partial charge < -0.3 is 16.3 Å². The fraction of sp³-hybridized carbons (Fsp3) is 1.00. The molecule has 1 atom stereocenters. The molecule has 0 radical (unpaired) electrons. The van der Waals surface area contributed by atoms with Gasteiger partial charge in [0.2, 0.25) is 0 Å². The van der Waals surface area contributed by atoms with Crippen LogP contribution in [0.3, 0.4) is 0 Å². The average molecular weight is 275 g/mol. The first-order valence-electron chi connectivity index (χ1n) is 7.96. The quantitative estimate of drug-likeness (QED) is 0.534. The first kappa shape index (κ1) is 21.2. The molecule has 0 amide bonds. The Morgan fingerprint density at radius 1 is 0.842 bits per heavy atom. The van der Waals surface area contributed by atoms with Gasteiger partial charge in [0.15, 0.2) is 0 Å². The zero-order valence-corrected chi connectivity index (χ0v) is 13.4. The standard InChI is InChI=1S/C16H35NO.H2O/c1-4-5-6-7-8-9-10-11-12-13-14-15(17)16(2,3)18;/h15,18H,4-14,17H2,1-3H3;1H2. The van der Waals surface area contributed by atoms with Gasteiger partial charge in [-0.3, -0.25) is 0 Å². The molecule has 0 spiro atoms. The van der Waals surface area contributed by atoms with Gasteiger partial charge in [0.05, 0.1) is 5.60 Å². The zero-order valence-electron chi connectivity index (χ0n) is 13.4. The lowest BCUT2D eigenvalue weighted by Gasteiger charge is -2.25. The molecule has 0 fully saturated rings. The minimum atomic E-state index is -0.723. The minimum absolute atomic E-state index is 0. The second-order valence-electron chi connectivity index (χ2n) is 6.23. The highest BCUT2D eigenvalue weighted by Gasteiger charge is 2.21. The highest BCUT2D eigenvalue weighted by Crippen LogP contribution is 2.15. The Labute approximate surface area is 120 Å². The Bertz CT molecular complexity index is 178. The lowest BCUT2D eigenvalue weighted by Crippen LogP contribution is -2.42. The maximum atomic E-state index is 9.70. The summed E-state index contributed by atoms with van der Waals surface area (Å²) < 4.78 is 0.